The molecule has 0 unspecified atom stereocenters. The largest absolute Gasteiger partial charge is 0.497 e. The van der Waals surface area contributed by atoms with Crippen molar-refractivity contribution in [2.24, 2.45) is 0 Å². The van der Waals surface area contributed by atoms with Crippen molar-refractivity contribution in [1.82, 2.24) is 5.32 Å². The second-order valence-corrected chi connectivity index (χ2v) is 20.0. The zero-order valence-electron chi connectivity index (χ0n) is 46.7. The highest BCUT2D eigenvalue weighted by atomic mass is 32.2. The van der Waals surface area contributed by atoms with E-state index in [1.807, 2.05) is 36.4 Å². The molecule has 0 spiro atoms. The Bertz CT molecular complexity index is 2580. The number of hydrogen-bond acceptors (Lipinski definition) is 24. The van der Waals surface area contributed by atoms with Gasteiger partial charge in [-0.25, -0.2) is 0 Å². The average molecular weight is 1160 g/mol. The van der Waals surface area contributed by atoms with E-state index >= 15 is 0 Å². The molecule has 24 nitrogen and oxygen atoms in total. The molecule has 25 heteroatoms. The Labute approximate surface area is 473 Å². The number of rotatable bonds is 26. The molecule has 3 aliphatic heterocycles. The Morgan fingerprint density at radius 2 is 0.926 bits per heavy atom. The van der Waals surface area contributed by atoms with Crippen LogP contribution in [0.5, 0.6) is 17.2 Å². The molecule has 81 heavy (non-hydrogen) atoms. The Morgan fingerprint density at radius 1 is 0.506 bits per heavy atom. The van der Waals surface area contributed by atoms with E-state index in [0.29, 0.717) is 22.8 Å². The molecule has 3 aromatic carbocycles. The Morgan fingerprint density at radius 3 is 1.37 bits per heavy atom. The minimum absolute atomic E-state index is 0.0253. The van der Waals surface area contributed by atoms with Gasteiger partial charge >= 0.3 is 29.8 Å². The average Bonchev–Trinajstić information content (AvgIpc) is 3.46. The molecular formula is C56H70N2O22S. The van der Waals surface area contributed by atoms with Crippen LogP contribution >= 0.6 is 11.8 Å². The van der Waals surface area contributed by atoms with E-state index in [1.165, 1.54) is 13.8 Å². The summed E-state index contributed by atoms with van der Waals surface area (Å²) in [6.07, 6.45) is -18.2. The van der Waals surface area contributed by atoms with Crippen LogP contribution in [0.15, 0.2) is 72.8 Å². The third-order valence-corrected chi connectivity index (χ3v) is 13.9. The number of esters is 5. The summed E-state index contributed by atoms with van der Waals surface area (Å²) in [6.45, 7) is 7.44. The first-order valence-corrected chi connectivity index (χ1v) is 26.9. The van der Waals surface area contributed by atoms with Gasteiger partial charge in [-0.1, -0.05) is 36.4 Å². The lowest BCUT2D eigenvalue weighted by molar-refractivity contribution is -0.366. The summed E-state index contributed by atoms with van der Waals surface area (Å²) < 4.78 is 98.8. The minimum Gasteiger partial charge on any atom is -0.497 e. The Kier molecular flexibility index (Phi) is 24.3. The highest BCUT2D eigenvalue weighted by molar-refractivity contribution is 8.00. The molecule has 442 valence electrons. The molecule has 3 fully saturated rings. The number of methoxy groups -OCH3 is 3. The van der Waals surface area contributed by atoms with E-state index < -0.39 is 140 Å². The molecule has 3 aliphatic rings. The van der Waals surface area contributed by atoms with E-state index in [9.17, 15) is 34.0 Å². The molecule has 0 bridgehead atoms. The van der Waals surface area contributed by atoms with E-state index in [-0.39, 0.29) is 25.6 Å². The number of nitriles is 1. The summed E-state index contributed by atoms with van der Waals surface area (Å²) in [5, 5.41) is 12.7. The summed E-state index contributed by atoms with van der Waals surface area (Å²) in [5.41, 5.74) is 1.09. The van der Waals surface area contributed by atoms with Crippen molar-refractivity contribution >= 4 is 47.5 Å². The first kappa shape index (κ1) is 63.6. The monoisotopic (exact) mass is 1150 g/mol. The normalized spacial score (nSPS) is 28.0. The van der Waals surface area contributed by atoms with Crippen molar-refractivity contribution in [3.8, 4) is 23.3 Å². The van der Waals surface area contributed by atoms with Crippen molar-refractivity contribution in [3.05, 3.63) is 89.5 Å². The number of ether oxygens (including phenoxy) is 16. The molecule has 0 saturated carbocycles. The fourth-order valence-corrected chi connectivity index (χ4v) is 10.1. The summed E-state index contributed by atoms with van der Waals surface area (Å²) >= 11 is 0.960. The van der Waals surface area contributed by atoms with E-state index in [4.69, 9.17) is 75.8 Å². The predicted octanol–water partition coefficient (Wildman–Crippen LogP) is 4.42. The molecule has 3 heterocycles. The van der Waals surface area contributed by atoms with Crippen LogP contribution in [-0.4, -0.2) is 167 Å². The van der Waals surface area contributed by atoms with Gasteiger partial charge in [0.25, 0.3) is 0 Å². The summed E-state index contributed by atoms with van der Waals surface area (Å²) in [4.78, 5) is 77.0. The van der Waals surface area contributed by atoms with Crippen LogP contribution in [-0.2, 0) is 110 Å². The summed E-state index contributed by atoms with van der Waals surface area (Å²) in [6, 6.07) is 22.5. The third-order valence-electron chi connectivity index (χ3n) is 12.8. The van der Waals surface area contributed by atoms with Gasteiger partial charge in [0.05, 0.1) is 65.1 Å². The van der Waals surface area contributed by atoms with Gasteiger partial charge in [0.2, 0.25) is 5.91 Å². The Balaban J connectivity index is 1.51. The number of hydrogen-bond donors (Lipinski definition) is 1. The molecule has 1 amide bonds. The fourth-order valence-electron chi connectivity index (χ4n) is 9.24. The molecule has 0 aromatic heterocycles. The van der Waals surface area contributed by atoms with Crippen molar-refractivity contribution in [2.75, 3.05) is 40.3 Å². The number of nitrogens with zero attached hydrogens (tertiary/aromatic N) is 1. The molecule has 1 N–H and O–H groups in total. The zero-order chi connectivity index (χ0) is 58.8. The second kappa shape index (κ2) is 31.0. The molecular weight excluding hydrogens is 1080 g/mol. The third kappa shape index (κ3) is 18.5. The van der Waals surface area contributed by atoms with Crippen molar-refractivity contribution < 1.29 is 105 Å². The highest BCUT2D eigenvalue weighted by Crippen LogP contribution is 2.40. The lowest BCUT2D eigenvalue weighted by Crippen LogP contribution is -2.70. The lowest BCUT2D eigenvalue weighted by Gasteiger charge is -2.51. The maximum Gasteiger partial charge on any atom is 0.303 e. The van der Waals surface area contributed by atoms with Gasteiger partial charge < -0.3 is 81.1 Å². The molecule has 3 aromatic rings. The quantitative estimate of drug-likeness (QED) is 0.0860. The smallest absolute Gasteiger partial charge is 0.303 e. The van der Waals surface area contributed by atoms with Crippen molar-refractivity contribution in [2.45, 2.75) is 159 Å². The highest BCUT2D eigenvalue weighted by Gasteiger charge is 2.58. The first-order valence-electron chi connectivity index (χ1n) is 25.9. The lowest BCUT2D eigenvalue weighted by atomic mass is 9.94. The van der Waals surface area contributed by atoms with Gasteiger partial charge in [-0.2, -0.15) is 5.26 Å². The van der Waals surface area contributed by atoms with Crippen molar-refractivity contribution in [1.29, 1.82) is 5.26 Å². The van der Waals surface area contributed by atoms with Gasteiger partial charge in [0.1, 0.15) is 78.6 Å². The SMILES string of the molecule is COc1ccc(CO[C@H]2[C@H](OCc3ccc(OC)cc3)[C@H](O[C@H]3[C@H](O[C@@H]4O[C@H](COC(C)=O)[C@H](OC(C)=O)[C@H](OC(C)=O)[C@H]4OC(C)=O)[C@@H](NC(C)=O)[C@H](SCC#N)O[C@@H]3COC(C)=O)O[C@@H](C)[C@H]2OCc2ccc(OC)cc2)cc1. The van der Waals surface area contributed by atoms with Crippen LogP contribution in [0.3, 0.4) is 0 Å². The summed E-state index contributed by atoms with van der Waals surface area (Å²) in [7, 11) is 4.67. The van der Waals surface area contributed by atoms with Crippen LogP contribution in [0.2, 0.25) is 0 Å². The van der Waals surface area contributed by atoms with Crippen LogP contribution < -0.4 is 19.5 Å². The first-order chi connectivity index (χ1) is 38.8. The van der Waals surface area contributed by atoms with Crippen LogP contribution in [0.25, 0.3) is 0 Å². The molecule has 15 atom stereocenters. The second-order valence-electron chi connectivity index (χ2n) is 18.9. The van der Waals surface area contributed by atoms with Crippen LogP contribution in [0, 0.1) is 11.3 Å². The standard InChI is InChI=1S/C56H70N2O22S/c1-30-46(70-25-37-11-17-40(65-8)18-12-37)50(71-26-38-13-19-41(66-9)20-14-38)52(72-27-39-15-21-42(67-10)22-16-39)54(73-30)79-47-44(29-69-33(4)61)78-56(81-24-23-57)45(58-31(2)59)49(47)80-55-53(76-36(7)64)51(75-35(6)63)48(74-34(5)62)43(77-55)28-68-32(3)60/h11-22,30,43-56H,24-29H2,1-10H3,(H,58,59)/t30-,43+,44+,45+,46+,47+,48-,49+,50+,51-,52-,53+,54-,55-,56-/m0/s1. The van der Waals surface area contributed by atoms with Crippen LogP contribution in [0.4, 0.5) is 0 Å². The number of amides is 1. The minimum atomic E-state index is -1.85. The maximum atomic E-state index is 13.4. The molecule has 0 aliphatic carbocycles. The number of carbonyl (C=O) groups excluding carboxylic acids is 6. The van der Waals surface area contributed by atoms with Gasteiger partial charge in [-0.15, -0.1) is 11.8 Å². The topological polar surface area (TPSA) is 286 Å². The van der Waals surface area contributed by atoms with E-state index in [0.717, 1.165) is 50.6 Å². The Hall–Kier alpha value is -6.60. The number of nitrogens with one attached hydrogen (secondary N) is 1. The van der Waals surface area contributed by atoms with E-state index in [2.05, 4.69) is 11.4 Å². The van der Waals surface area contributed by atoms with E-state index in [1.54, 1.807) is 64.7 Å². The molecule has 6 rings (SSSR count). The van der Waals surface area contributed by atoms with Gasteiger partial charge in [0, 0.05) is 41.5 Å². The number of thioether (sulfide) groups is 1. The molecule has 3 saturated heterocycles. The zero-order valence-corrected chi connectivity index (χ0v) is 47.5. The number of carbonyl (C=O) groups is 6. The van der Waals surface area contributed by atoms with Crippen molar-refractivity contribution in [3.63, 3.8) is 0 Å². The van der Waals surface area contributed by atoms with Gasteiger partial charge in [0.15, 0.2) is 30.9 Å². The van der Waals surface area contributed by atoms with Crippen LogP contribution in [0.1, 0.15) is 65.2 Å². The number of benzene rings is 3. The van der Waals surface area contributed by atoms with Gasteiger partial charge in [-0.3, -0.25) is 28.8 Å². The predicted molar refractivity (Wildman–Crippen MR) is 282 cm³/mol. The van der Waals surface area contributed by atoms with Gasteiger partial charge in [-0.05, 0) is 60.0 Å². The molecule has 0 radical (unpaired) electrons. The fraction of sp³-hybridized carbons (Fsp3) is 0.554. The summed E-state index contributed by atoms with van der Waals surface area (Å²) in [5.74, 6) is -3.10. The maximum absolute atomic E-state index is 13.4.